The zero-order chi connectivity index (χ0) is 28.2. The molecule has 0 aliphatic carbocycles. The van der Waals surface area contributed by atoms with E-state index in [4.69, 9.17) is 4.74 Å². The minimum absolute atomic E-state index is 0.105. The first-order chi connectivity index (χ1) is 19.1. The summed E-state index contributed by atoms with van der Waals surface area (Å²) in [7, 11) is -6.30. The van der Waals surface area contributed by atoms with Gasteiger partial charge in [0, 0.05) is 23.7 Å². The van der Waals surface area contributed by atoms with Gasteiger partial charge in [-0.1, -0.05) is 48.5 Å². The Morgan fingerprint density at radius 1 is 0.675 bits per heavy atom. The van der Waals surface area contributed by atoms with Gasteiger partial charge in [0.05, 0.1) is 28.3 Å². The molecule has 0 bridgehead atoms. The van der Waals surface area contributed by atoms with Gasteiger partial charge in [-0.15, -0.1) is 0 Å². The average Bonchev–Trinajstić information content (AvgIpc) is 3.48. The molecule has 6 rings (SSSR count). The van der Waals surface area contributed by atoms with Crippen molar-refractivity contribution in [1.82, 2.24) is 0 Å². The van der Waals surface area contributed by atoms with Crippen LogP contribution in [0.2, 0.25) is 0 Å². The van der Waals surface area contributed by atoms with Gasteiger partial charge in [-0.3, -0.25) is 8.61 Å². The predicted octanol–water partition coefficient (Wildman–Crippen LogP) is 5.64. The number of ether oxygens (including phenoxy) is 1. The van der Waals surface area contributed by atoms with E-state index in [1.165, 1.54) is 21.8 Å². The van der Waals surface area contributed by atoms with Crippen LogP contribution in [0, 0.1) is 0 Å². The second-order valence-electron chi connectivity index (χ2n) is 10.4. The lowest BCUT2D eigenvalue weighted by Crippen LogP contribution is -2.36. The number of rotatable bonds is 6. The van der Waals surface area contributed by atoms with E-state index >= 15 is 0 Å². The van der Waals surface area contributed by atoms with Gasteiger partial charge in [-0.2, -0.15) is 0 Å². The monoisotopic (exact) mass is 574 g/mol. The van der Waals surface area contributed by atoms with Crippen molar-refractivity contribution in [3.63, 3.8) is 0 Å². The number of para-hydroxylation sites is 2. The van der Waals surface area contributed by atoms with Crippen LogP contribution in [0.1, 0.15) is 25.0 Å². The molecule has 2 aliphatic heterocycles. The normalized spacial score (nSPS) is 18.5. The summed E-state index contributed by atoms with van der Waals surface area (Å²) in [6, 6.07) is 26.0. The lowest BCUT2D eigenvalue weighted by atomic mass is 10.1. The highest BCUT2D eigenvalue weighted by atomic mass is 32.2. The summed E-state index contributed by atoms with van der Waals surface area (Å²) >= 11 is 0. The highest BCUT2D eigenvalue weighted by Crippen LogP contribution is 2.41. The second kappa shape index (κ2) is 9.67. The minimum Gasteiger partial charge on any atom is -0.497 e. The number of nitrogens with zero attached hydrogens (tertiary/aromatic N) is 2. The van der Waals surface area contributed by atoms with Crippen molar-refractivity contribution >= 4 is 31.4 Å². The third-order valence-electron chi connectivity index (χ3n) is 7.74. The molecule has 0 aromatic heterocycles. The van der Waals surface area contributed by atoms with E-state index in [2.05, 4.69) is 0 Å². The van der Waals surface area contributed by atoms with Crippen LogP contribution in [-0.4, -0.2) is 36.0 Å². The van der Waals surface area contributed by atoms with Crippen molar-refractivity contribution in [2.75, 3.05) is 15.7 Å². The van der Waals surface area contributed by atoms with E-state index in [1.54, 1.807) is 36.4 Å². The number of hydrogen-bond donors (Lipinski definition) is 0. The van der Waals surface area contributed by atoms with E-state index in [-0.39, 0.29) is 21.9 Å². The molecule has 0 saturated carbocycles. The Bertz CT molecular complexity index is 1820. The van der Waals surface area contributed by atoms with Crippen LogP contribution in [0.25, 0.3) is 11.1 Å². The number of sulfonamides is 2. The minimum atomic E-state index is -3.98. The van der Waals surface area contributed by atoms with E-state index in [1.807, 2.05) is 62.4 Å². The number of hydrogen-bond acceptors (Lipinski definition) is 5. The Kier molecular flexibility index (Phi) is 6.39. The summed E-state index contributed by atoms with van der Waals surface area (Å²) in [5, 5.41) is 0. The summed E-state index contributed by atoms with van der Waals surface area (Å²) in [6.45, 7) is 3.80. The fourth-order valence-corrected chi connectivity index (χ4v) is 9.53. The molecule has 9 heteroatoms. The predicted molar refractivity (Wildman–Crippen MR) is 157 cm³/mol. The van der Waals surface area contributed by atoms with Gasteiger partial charge in [-0.25, -0.2) is 16.8 Å². The first-order valence-electron chi connectivity index (χ1n) is 13.2. The molecule has 206 valence electrons. The lowest BCUT2D eigenvalue weighted by molar-refractivity contribution is 0.413. The fraction of sp³-hybridized carbons (Fsp3) is 0.226. The highest BCUT2D eigenvalue weighted by Gasteiger charge is 2.38. The Morgan fingerprint density at radius 3 is 1.75 bits per heavy atom. The van der Waals surface area contributed by atoms with Crippen molar-refractivity contribution in [2.24, 2.45) is 0 Å². The van der Waals surface area contributed by atoms with Crippen molar-refractivity contribution < 1.29 is 21.6 Å². The number of fused-ring (bicyclic) bond motifs is 2. The van der Waals surface area contributed by atoms with Crippen molar-refractivity contribution in [1.29, 1.82) is 0 Å². The third-order valence-corrected chi connectivity index (χ3v) is 11.6. The van der Waals surface area contributed by atoms with Crippen LogP contribution in [0.4, 0.5) is 11.4 Å². The van der Waals surface area contributed by atoms with Crippen LogP contribution in [0.15, 0.2) is 101 Å². The number of benzene rings is 4. The summed E-state index contributed by atoms with van der Waals surface area (Å²) < 4.78 is 64.1. The van der Waals surface area contributed by atoms with Gasteiger partial charge in [0.2, 0.25) is 0 Å². The van der Waals surface area contributed by atoms with Crippen LogP contribution in [0.5, 0.6) is 5.75 Å². The van der Waals surface area contributed by atoms with Crippen molar-refractivity contribution in [2.45, 2.75) is 48.6 Å². The van der Waals surface area contributed by atoms with Gasteiger partial charge < -0.3 is 4.74 Å². The number of methoxy groups -OCH3 is 1. The highest BCUT2D eigenvalue weighted by molar-refractivity contribution is 7.93. The average molecular weight is 575 g/mol. The Morgan fingerprint density at radius 2 is 1.20 bits per heavy atom. The maximum absolute atomic E-state index is 14.2. The number of anilines is 2. The zero-order valence-corrected chi connectivity index (χ0v) is 24.1. The quantitative estimate of drug-likeness (QED) is 0.298. The van der Waals surface area contributed by atoms with E-state index < -0.39 is 20.0 Å². The first-order valence-corrected chi connectivity index (χ1v) is 16.0. The van der Waals surface area contributed by atoms with E-state index in [0.717, 1.165) is 11.1 Å². The summed E-state index contributed by atoms with van der Waals surface area (Å²) in [4.78, 5) is 0.257. The molecule has 0 N–H and O–H groups in total. The van der Waals surface area contributed by atoms with Gasteiger partial charge in [0.25, 0.3) is 20.0 Å². The maximum Gasteiger partial charge on any atom is 0.265 e. The molecule has 7 nitrogen and oxygen atoms in total. The van der Waals surface area contributed by atoms with Crippen LogP contribution >= 0.6 is 0 Å². The summed E-state index contributed by atoms with van der Waals surface area (Å²) in [5.41, 5.74) is 4.42. The molecule has 0 saturated heterocycles. The van der Waals surface area contributed by atoms with Crippen molar-refractivity contribution in [3.05, 3.63) is 102 Å². The van der Waals surface area contributed by atoms with E-state index in [0.29, 0.717) is 41.1 Å². The smallest absolute Gasteiger partial charge is 0.265 e. The zero-order valence-electron chi connectivity index (χ0n) is 22.5. The fourth-order valence-electron chi connectivity index (χ4n) is 5.91. The van der Waals surface area contributed by atoms with Gasteiger partial charge in [0.1, 0.15) is 5.75 Å². The van der Waals surface area contributed by atoms with Crippen LogP contribution in [-0.2, 0) is 32.9 Å². The van der Waals surface area contributed by atoms with Gasteiger partial charge in [0.15, 0.2) is 0 Å². The Labute approximate surface area is 235 Å². The van der Waals surface area contributed by atoms with Crippen molar-refractivity contribution in [3.8, 4) is 16.9 Å². The van der Waals surface area contributed by atoms with E-state index in [9.17, 15) is 16.8 Å². The maximum atomic E-state index is 14.2. The van der Waals surface area contributed by atoms with Gasteiger partial charge in [-0.05, 0) is 79.8 Å². The lowest BCUT2D eigenvalue weighted by Gasteiger charge is -2.26. The second-order valence-corrected chi connectivity index (χ2v) is 14.0. The SMILES string of the molecule is COc1ccc(-c2ccc(S(=O)(=O)N3c4ccccc4CC3C)cc2)c(S(=O)(=O)N2c3ccccc3CC2C)c1. The first kappa shape index (κ1) is 26.4. The molecule has 4 aromatic rings. The molecule has 4 aromatic carbocycles. The molecule has 2 heterocycles. The molecular formula is C31H30N2O5S2. The molecule has 2 atom stereocenters. The Balaban J connectivity index is 1.41. The third kappa shape index (κ3) is 4.15. The molecule has 40 heavy (non-hydrogen) atoms. The standard InChI is InChI=1S/C31H30N2O5S2/c1-21-18-24-8-4-6-10-29(24)32(21)39(34,35)27-15-12-23(13-16-27)28-17-14-26(38-3)20-31(28)40(36,37)33-22(2)19-25-9-5-7-11-30(25)33/h4-17,20-22H,18-19H2,1-3H3. The molecular weight excluding hydrogens is 544 g/mol. The molecule has 0 spiro atoms. The molecule has 2 aliphatic rings. The topological polar surface area (TPSA) is 84.0 Å². The molecule has 0 fully saturated rings. The van der Waals surface area contributed by atoms with Crippen LogP contribution < -0.4 is 13.3 Å². The molecule has 0 radical (unpaired) electrons. The Hall–Kier alpha value is -3.82. The van der Waals surface area contributed by atoms with Crippen LogP contribution in [0.3, 0.4) is 0 Å². The summed E-state index contributed by atoms with van der Waals surface area (Å²) in [5.74, 6) is 0.420. The molecule has 0 amide bonds. The molecule has 2 unspecified atom stereocenters. The summed E-state index contributed by atoms with van der Waals surface area (Å²) in [6.07, 6.45) is 1.28. The van der Waals surface area contributed by atoms with Gasteiger partial charge >= 0.3 is 0 Å². The largest absolute Gasteiger partial charge is 0.497 e.